The zero-order valence-corrected chi connectivity index (χ0v) is 13.9. The second kappa shape index (κ2) is 7.70. The minimum absolute atomic E-state index is 0.149. The molecule has 0 unspecified atom stereocenters. The number of nitrogens with two attached hydrogens (primary N) is 1. The van der Waals surface area contributed by atoms with Gasteiger partial charge >= 0.3 is 0 Å². The van der Waals surface area contributed by atoms with Crippen LogP contribution in [0.3, 0.4) is 0 Å². The van der Waals surface area contributed by atoms with E-state index in [4.69, 9.17) is 22.1 Å². The Morgan fingerprint density at radius 1 is 1.50 bits per heavy atom. The number of nitrogens with one attached hydrogen (secondary N) is 1. The van der Waals surface area contributed by atoms with E-state index in [0.717, 1.165) is 32.5 Å². The lowest BCUT2D eigenvalue weighted by atomic mass is 10.1. The zero-order chi connectivity index (χ0) is 16.1. The molecule has 0 saturated carbocycles. The molecule has 0 aliphatic carbocycles. The van der Waals surface area contributed by atoms with Gasteiger partial charge in [0.15, 0.2) is 0 Å². The molecule has 1 saturated heterocycles. The van der Waals surface area contributed by atoms with E-state index < -0.39 is 0 Å². The van der Waals surface area contributed by atoms with Gasteiger partial charge in [-0.05, 0) is 32.0 Å². The van der Waals surface area contributed by atoms with Gasteiger partial charge in [-0.25, -0.2) is 0 Å². The summed E-state index contributed by atoms with van der Waals surface area (Å²) in [5.41, 5.74) is 6.59. The normalized spacial score (nSPS) is 19.5. The van der Waals surface area contributed by atoms with Crippen LogP contribution in [0.5, 0.6) is 5.75 Å². The predicted molar refractivity (Wildman–Crippen MR) is 89.6 cm³/mol. The molecule has 0 spiro atoms. The molecule has 22 heavy (non-hydrogen) atoms. The van der Waals surface area contributed by atoms with Gasteiger partial charge < -0.3 is 20.7 Å². The first kappa shape index (κ1) is 16.9. The van der Waals surface area contributed by atoms with Crippen LogP contribution in [0, 0.1) is 0 Å². The fourth-order valence-electron chi connectivity index (χ4n) is 2.80. The van der Waals surface area contributed by atoms with Crippen LogP contribution < -0.4 is 15.8 Å². The van der Waals surface area contributed by atoms with Gasteiger partial charge in [0.25, 0.3) is 5.91 Å². The van der Waals surface area contributed by atoms with E-state index in [2.05, 4.69) is 17.1 Å². The number of halogens is 1. The first-order valence-corrected chi connectivity index (χ1v) is 8.09. The highest BCUT2D eigenvalue weighted by Crippen LogP contribution is 2.29. The summed E-state index contributed by atoms with van der Waals surface area (Å²) >= 11 is 6.03. The third kappa shape index (κ3) is 4.05. The van der Waals surface area contributed by atoms with E-state index in [1.807, 2.05) is 0 Å². The zero-order valence-electron chi connectivity index (χ0n) is 13.2. The lowest BCUT2D eigenvalue weighted by Gasteiger charge is -2.24. The second-order valence-electron chi connectivity index (χ2n) is 5.63. The summed E-state index contributed by atoms with van der Waals surface area (Å²) < 4.78 is 5.25. The Labute approximate surface area is 136 Å². The summed E-state index contributed by atoms with van der Waals surface area (Å²) in [6.07, 6.45) is 3.30. The SMILES string of the molecule is CCN1CCCC[C@@H](NC(=O)c2cc(Cl)c(N)cc2OC)C1. The Kier molecular flexibility index (Phi) is 5.91. The molecule has 1 aromatic rings. The predicted octanol–water partition coefficient (Wildman–Crippen LogP) is 2.54. The van der Waals surface area contributed by atoms with E-state index in [1.165, 1.54) is 13.5 Å². The van der Waals surface area contributed by atoms with Crippen molar-refractivity contribution in [3.63, 3.8) is 0 Å². The molecule has 1 heterocycles. The largest absolute Gasteiger partial charge is 0.496 e. The quantitative estimate of drug-likeness (QED) is 0.835. The first-order chi connectivity index (χ1) is 10.5. The minimum atomic E-state index is -0.165. The molecular weight excluding hydrogens is 302 g/mol. The van der Waals surface area contributed by atoms with Crippen LogP contribution in [0.2, 0.25) is 5.02 Å². The maximum atomic E-state index is 12.6. The number of anilines is 1. The van der Waals surface area contributed by atoms with Gasteiger partial charge in [0.1, 0.15) is 5.75 Å². The van der Waals surface area contributed by atoms with Crippen LogP contribution in [0.25, 0.3) is 0 Å². The molecular formula is C16H24ClN3O2. The van der Waals surface area contributed by atoms with Gasteiger partial charge in [0, 0.05) is 18.7 Å². The van der Waals surface area contributed by atoms with E-state index >= 15 is 0 Å². The highest BCUT2D eigenvalue weighted by atomic mass is 35.5. The number of likely N-dealkylation sites (N-methyl/N-ethyl adjacent to an activating group) is 1. The summed E-state index contributed by atoms with van der Waals surface area (Å²) in [6, 6.07) is 3.30. The number of amides is 1. The molecule has 1 aromatic carbocycles. The molecule has 1 amide bonds. The lowest BCUT2D eigenvalue weighted by Crippen LogP contribution is -2.42. The molecule has 0 bridgehead atoms. The van der Waals surface area contributed by atoms with E-state index in [-0.39, 0.29) is 11.9 Å². The van der Waals surface area contributed by atoms with Crippen LogP contribution in [0.4, 0.5) is 5.69 Å². The molecule has 2 rings (SSSR count). The number of nitrogen functional groups attached to an aromatic ring is 1. The number of rotatable bonds is 4. The summed E-state index contributed by atoms with van der Waals surface area (Å²) in [4.78, 5) is 14.9. The minimum Gasteiger partial charge on any atom is -0.496 e. The van der Waals surface area contributed by atoms with Gasteiger partial charge in [-0.1, -0.05) is 24.9 Å². The monoisotopic (exact) mass is 325 g/mol. The first-order valence-electron chi connectivity index (χ1n) is 7.71. The van der Waals surface area contributed by atoms with Crippen LogP contribution in [0.15, 0.2) is 12.1 Å². The summed E-state index contributed by atoms with van der Waals surface area (Å²) in [5, 5.41) is 3.46. The van der Waals surface area contributed by atoms with Crippen molar-refractivity contribution < 1.29 is 9.53 Å². The van der Waals surface area contributed by atoms with Gasteiger partial charge in [-0.2, -0.15) is 0 Å². The van der Waals surface area contributed by atoms with Crippen molar-refractivity contribution in [1.29, 1.82) is 0 Å². The number of hydrogen-bond donors (Lipinski definition) is 2. The fourth-order valence-corrected chi connectivity index (χ4v) is 2.97. The third-order valence-corrected chi connectivity index (χ3v) is 4.43. The molecule has 0 radical (unpaired) electrons. The molecule has 0 aromatic heterocycles. The standard InChI is InChI=1S/C16H24ClN3O2/c1-3-20-7-5-4-6-11(10-20)19-16(21)12-8-13(17)14(18)9-15(12)22-2/h8-9,11H,3-7,10,18H2,1-2H3,(H,19,21)/t11-/m1/s1. The number of nitrogens with zero attached hydrogens (tertiary/aromatic N) is 1. The molecule has 122 valence electrons. The Hall–Kier alpha value is -1.46. The van der Waals surface area contributed by atoms with Gasteiger partial charge in [-0.3, -0.25) is 4.79 Å². The number of hydrogen-bond acceptors (Lipinski definition) is 4. The number of ether oxygens (including phenoxy) is 1. The lowest BCUT2D eigenvalue weighted by molar-refractivity contribution is 0.0924. The molecule has 5 nitrogen and oxygen atoms in total. The van der Waals surface area contributed by atoms with Crippen molar-refractivity contribution in [2.24, 2.45) is 0 Å². The summed E-state index contributed by atoms with van der Waals surface area (Å²) in [6.45, 7) is 5.13. The van der Waals surface area contributed by atoms with E-state index in [0.29, 0.717) is 22.0 Å². The van der Waals surface area contributed by atoms with Crippen molar-refractivity contribution in [1.82, 2.24) is 10.2 Å². The molecule has 1 aliphatic rings. The molecule has 1 atom stereocenters. The Morgan fingerprint density at radius 3 is 2.95 bits per heavy atom. The summed E-state index contributed by atoms with van der Waals surface area (Å²) in [7, 11) is 1.52. The summed E-state index contributed by atoms with van der Waals surface area (Å²) in [5.74, 6) is 0.280. The van der Waals surface area contributed by atoms with Crippen LogP contribution in [-0.2, 0) is 0 Å². The van der Waals surface area contributed by atoms with Crippen molar-refractivity contribution in [2.45, 2.75) is 32.2 Å². The van der Waals surface area contributed by atoms with E-state index in [1.54, 1.807) is 12.1 Å². The van der Waals surface area contributed by atoms with Crippen molar-refractivity contribution in [2.75, 3.05) is 32.5 Å². The second-order valence-corrected chi connectivity index (χ2v) is 6.04. The Bertz CT molecular complexity index is 536. The number of benzene rings is 1. The fraction of sp³-hybridized carbons (Fsp3) is 0.562. The van der Waals surface area contributed by atoms with E-state index in [9.17, 15) is 4.79 Å². The Morgan fingerprint density at radius 2 is 2.27 bits per heavy atom. The highest BCUT2D eigenvalue weighted by Gasteiger charge is 2.21. The average Bonchev–Trinajstić information content (AvgIpc) is 2.74. The number of likely N-dealkylation sites (tertiary alicyclic amines) is 1. The molecule has 6 heteroatoms. The highest BCUT2D eigenvalue weighted by molar-refractivity contribution is 6.33. The average molecular weight is 326 g/mol. The van der Waals surface area contributed by atoms with Gasteiger partial charge in [0.2, 0.25) is 0 Å². The molecule has 1 fully saturated rings. The van der Waals surface area contributed by atoms with Crippen LogP contribution in [-0.4, -0.2) is 43.6 Å². The number of methoxy groups -OCH3 is 1. The number of carbonyl (C=O) groups is 1. The topological polar surface area (TPSA) is 67.6 Å². The maximum absolute atomic E-state index is 12.6. The maximum Gasteiger partial charge on any atom is 0.255 e. The van der Waals surface area contributed by atoms with Gasteiger partial charge in [0.05, 0.1) is 23.4 Å². The number of carbonyl (C=O) groups excluding carboxylic acids is 1. The Balaban J connectivity index is 2.12. The van der Waals surface area contributed by atoms with Gasteiger partial charge in [-0.15, -0.1) is 0 Å². The van der Waals surface area contributed by atoms with Crippen LogP contribution >= 0.6 is 11.6 Å². The van der Waals surface area contributed by atoms with Crippen LogP contribution in [0.1, 0.15) is 36.5 Å². The molecule has 3 N–H and O–H groups in total. The van der Waals surface area contributed by atoms with Crippen molar-refractivity contribution in [3.05, 3.63) is 22.7 Å². The third-order valence-electron chi connectivity index (χ3n) is 4.10. The smallest absolute Gasteiger partial charge is 0.255 e. The van der Waals surface area contributed by atoms with Crippen molar-refractivity contribution >= 4 is 23.2 Å². The molecule has 1 aliphatic heterocycles. The van der Waals surface area contributed by atoms with Crippen molar-refractivity contribution in [3.8, 4) is 5.75 Å².